The lowest BCUT2D eigenvalue weighted by molar-refractivity contribution is -0.128. The first-order valence-electron chi connectivity index (χ1n) is 6.76. The number of carbonyl (C=O) groups excluding carboxylic acids is 1. The van der Waals surface area contributed by atoms with E-state index in [0.717, 1.165) is 19.3 Å². The average molecular weight is 312 g/mol. The second kappa shape index (κ2) is 7.65. The molecule has 0 saturated carbocycles. The number of nitrogens with zero attached hydrogens (tertiary/aromatic N) is 1. The molecule has 2 nitrogen and oxygen atoms in total. The van der Waals surface area contributed by atoms with Gasteiger partial charge in [0.05, 0.1) is 0 Å². The van der Waals surface area contributed by atoms with Crippen LogP contribution in [0.25, 0.3) is 10.1 Å². The number of rotatable bonds is 5. The molecule has 0 aliphatic heterocycles. The van der Waals surface area contributed by atoms with E-state index in [0.29, 0.717) is 6.42 Å². The fourth-order valence-corrected chi connectivity index (χ4v) is 3.50. The van der Waals surface area contributed by atoms with Gasteiger partial charge in [0, 0.05) is 30.1 Å². The molecule has 0 aliphatic carbocycles. The summed E-state index contributed by atoms with van der Waals surface area (Å²) in [7, 11) is 3.64. The van der Waals surface area contributed by atoms with E-state index >= 15 is 0 Å². The molecule has 0 fully saturated rings. The third kappa shape index (κ3) is 3.97. The molecule has 0 N–H and O–H groups in total. The zero-order valence-electron chi connectivity index (χ0n) is 12.3. The van der Waals surface area contributed by atoms with Crippen LogP contribution < -0.4 is 0 Å². The van der Waals surface area contributed by atoms with E-state index in [2.05, 4.69) is 31.2 Å². The van der Waals surface area contributed by atoms with Gasteiger partial charge in [0.1, 0.15) is 0 Å². The van der Waals surface area contributed by atoms with E-state index in [1.165, 1.54) is 20.5 Å². The zero-order valence-corrected chi connectivity index (χ0v) is 13.9. The van der Waals surface area contributed by atoms with Gasteiger partial charge in [-0.05, 0) is 43.2 Å². The van der Waals surface area contributed by atoms with Gasteiger partial charge < -0.3 is 4.90 Å². The minimum absolute atomic E-state index is 0. The number of hydrogen-bond donors (Lipinski definition) is 0. The lowest BCUT2D eigenvalue weighted by Crippen LogP contribution is -2.21. The molecule has 1 aromatic carbocycles. The van der Waals surface area contributed by atoms with Crippen LogP contribution in [0.3, 0.4) is 0 Å². The number of hydrogen-bond acceptors (Lipinski definition) is 2. The third-order valence-electron chi connectivity index (χ3n) is 3.49. The number of thiophene rings is 1. The van der Waals surface area contributed by atoms with Crippen molar-refractivity contribution in [3.8, 4) is 0 Å². The molecule has 1 heterocycles. The quantitative estimate of drug-likeness (QED) is 0.748. The first-order chi connectivity index (χ1) is 9.09. The van der Waals surface area contributed by atoms with Crippen LogP contribution in [-0.2, 0) is 11.2 Å². The van der Waals surface area contributed by atoms with Gasteiger partial charge in [-0.1, -0.05) is 18.2 Å². The minimum atomic E-state index is 0. The summed E-state index contributed by atoms with van der Waals surface area (Å²) in [6, 6.07) is 8.58. The summed E-state index contributed by atoms with van der Waals surface area (Å²) in [6.45, 7) is 2.21. The molecule has 4 heteroatoms. The number of halogens is 1. The first kappa shape index (κ1) is 17.0. The Labute approximate surface area is 131 Å². The number of amides is 1. The molecule has 0 spiro atoms. The minimum Gasteiger partial charge on any atom is -0.349 e. The Morgan fingerprint density at radius 2 is 1.90 bits per heavy atom. The first-order valence-corrected chi connectivity index (χ1v) is 7.58. The number of fused-ring (bicyclic) bond motifs is 1. The topological polar surface area (TPSA) is 20.3 Å². The van der Waals surface area contributed by atoms with Crippen molar-refractivity contribution in [1.29, 1.82) is 0 Å². The van der Waals surface area contributed by atoms with Gasteiger partial charge in [0.2, 0.25) is 5.91 Å². The Balaban J connectivity index is 0.00000200. The molecule has 0 bridgehead atoms. The molecule has 2 aromatic rings. The summed E-state index contributed by atoms with van der Waals surface area (Å²) >= 11 is 1.89. The monoisotopic (exact) mass is 311 g/mol. The lowest BCUT2D eigenvalue weighted by Gasteiger charge is -2.09. The van der Waals surface area contributed by atoms with Crippen LogP contribution in [0.1, 0.15) is 29.7 Å². The zero-order chi connectivity index (χ0) is 13.8. The molecule has 0 radical (unpaired) electrons. The highest BCUT2D eigenvalue weighted by atomic mass is 35.5. The van der Waals surface area contributed by atoms with E-state index in [1.54, 1.807) is 4.90 Å². The van der Waals surface area contributed by atoms with Crippen LogP contribution in [0.4, 0.5) is 0 Å². The van der Waals surface area contributed by atoms with E-state index in [4.69, 9.17) is 0 Å². The van der Waals surface area contributed by atoms with Crippen LogP contribution >= 0.6 is 23.7 Å². The SMILES string of the molecule is Cc1c(CCCCC(=O)N(C)C)sc2ccccc12.Cl. The molecule has 20 heavy (non-hydrogen) atoms. The van der Waals surface area contributed by atoms with Gasteiger partial charge in [0.25, 0.3) is 0 Å². The maximum atomic E-state index is 11.5. The van der Waals surface area contributed by atoms with Gasteiger partial charge >= 0.3 is 0 Å². The summed E-state index contributed by atoms with van der Waals surface area (Å²) in [5, 5.41) is 1.38. The second-order valence-corrected chi connectivity index (χ2v) is 6.28. The number of aryl methyl sites for hydroxylation is 2. The third-order valence-corrected chi connectivity index (χ3v) is 4.82. The van der Waals surface area contributed by atoms with Gasteiger partial charge in [-0.3, -0.25) is 4.79 Å². The maximum absolute atomic E-state index is 11.5. The predicted octanol–water partition coefficient (Wildman–Crippen LogP) is 4.43. The van der Waals surface area contributed by atoms with Crippen LogP contribution in [0.2, 0.25) is 0 Å². The van der Waals surface area contributed by atoms with Crippen molar-refractivity contribution in [2.24, 2.45) is 0 Å². The predicted molar refractivity (Wildman–Crippen MR) is 90.1 cm³/mol. The summed E-state index contributed by atoms with van der Waals surface area (Å²) < 4.78 is 1.37. The Kier molecular flexibility index (Phi) is 6.50. The maximum Gasteiger partial charge on any atom is 0.222 e. The van der Waals surface area contributed by atoms with Gasteiger partial charge in [-0.2, -0.15) is 0 Å². The number of carbonyl (C=O) groups is 1. The molecule has 2 rings (SSSR count). The van der Waals surface area contributed by atoms with E-state index in [9.17, 15) is 4.79 Å². The van der Waals surface area contributed by atoms with Crippen LogP contribution in [0, 0.1) is 6.92 Å². The van der Waals surface area contributed by atoms with Gasteiger partial charge in [-0.15, -0.1) is 23.7 Å². The Morgan fingerprint density at radius 3 is 2.55 bits per heavy atom. The molecule has 0 atom stereocenters. The molecular weight excluding hydrogens is 290 g/mol. The lowest BCUT2D eigenvalue weighted by atomic mass is 10.1. The van der Waals surface area contributed by atoms with Gasteiger partial charge in [-0.25, -0.2) is 0 Å². The number of benzene rings is 1. The van der Waals surface area contributed by atoms with Crippen molar-refractivity contribution < 1.29 is 4.79 Å². The standard InChI is InChI=1S/C16H21NOS.ClH/c1-12-13-8-4-5-10-15(13)19-14(12)9-6-7-11-16(18)17(2)3;/h4-5,8,10H,6-7,9,11H2,1-3H3;1H. The Morgan fingerprint density at radius 1 is 1.20 bits per heavy atom. The summed E-state index contributed by atoms with van der Waals surface area (Å²) in [5.41, 5.74) is 1.42. The van der Waals surface area contributed by atoms with Crippen LogP contribution in [0.15, 0.2) is 24.3 Å². The fraction of sp³-hybridized carbons (Fsp3) is 0.438. The Hall–Kier alpha value is -1.06. The molecule has 1 amide bonds. The van der Waals surface area contributed by atoms with E-state index in [1.807, 2.05) is 25.4 Å². The van der Waals surface area contributed by atoms with Crippen molar-refractivity contribution in [3.63, 3.8) is 0 Å². The fourth-order valence-electron chi connectivity index (χ4n) is 2.25. The molecule has 1 aromatic heterocycles. The van der Waals surface area contributed by atoms with Crippen molar-refractivity contribution in [1.82, 2.24) is 4.90 Å². The molecule has 110 valence electrons. The summed E-state index contributed by atoms with van der Waals surface area (Å²) in [4.78, 5) is 14.6. The average Bonchev–Trinajstić information content (AvgIpc) is 2.72. The van der Waals surface area contributed by atoms with Crippen molar-refractivity contribution >= 4 is 39.7 Å². The van der Waals surface area contributed by atoms with Crippen molar-refractivity contribution in [2.75, 3.05) is 14.1 Å². The molecule has 0 saturated heterocycles. The Bertz CT molecular complexity index is 577. The highest BCUT2D eigenvalue weighted by molar-refractivity contribution is 7.19. The van der Waals surface area contributed by atoms with Crippen molar-refractivity contribution in [3.05, 3.63) is 34.7 Å². The molecular formula is C16H22ClNOS. The normalized spacial score (nSPS) is 10.3. The van der Waals surface area contributed by atoms with Gasteiger partial charge in [0.15, 0.2) is 0 Å². The summed E-state index contributed by atoms with van der Waals surface area (Å²) in [5.74, 6) is 0.230. The highest BCUT2D eigenvalue weighted by Crippen LogP contribution is 2.31. The highest BCUT2D eigenvalue weighted by Gasteiger charge is 2.08. The number of unbranched alkanes of at least 4 members (excludes halogenated alkanes) is 1. The summed E-state index contributed by atoms with van der Waals surface area (Å²) in [6.07, 6.45) is 3.82. The largest absolute Gasteiger partial charge is 0.349 e. The van der Waals surface area contributed by atoms with E-state index < -0.39 is 0 Å². The van der Waals surface area contributed by atoms with Crippen molar-refractivity contribution in [2.45, 2.75) is 32.6 Å². The van der Waals surface area contributed by atoms with Crippen LogP contribution in [-0.4, -0.2) is 24.9 Å². The molecule has 0 unspecified atom stereocenters. The second-order valence-electron chi connectivity index (χ2n) is 5.14. The van der Waals surface area contributed by atoms with E-state index in [-0.39, 0.29) is 18.3 Å². The smallest absolute Gasteiger partial charge is 0.222 e. The molecule has 0 aliphatic rings. The van der Waals surface area contributed by atoms with Crippen LogP contribution in [0.5, 0.6) is 0 Å².